The summed E-state index contributed by atoms with van der Waals surface area (Å²) in [6, 6.07) is 6.56. The number of hydrogen-bond acceptors (Lipinski definition) is 6. The second-order valence-electron chi connectivity index (χ2n) is 13.4. The second-order valence-corrected chi connectivity index (χ2v) is 13.4. The molecule has 3 aromatic rings. The van der Waals surface area contributed by atoms with Gasteiger partial charge in [-0.3, -0.25) is 13.8 Å². The standard InChI is InChI=1S/C35H46F3N6O.Cd/c1-24(2)43-19-11-25(12-20-43)28-21-29-32-39-22-26-9-8-10-30(31(26)36)35(37,38)27-13-17-42(18-14-27)15-6-4-3-5-7-16-44(34(28)45)33(29)41-23-40-32;/h8-10,21-25,27H,3-7,11-20H2,1-2H3,(H,39,40,41);/q-1;. The van der Waals surface area contributed by atoms with Crippen molar-refractivity contribution in [3.05, 3.63) is 70.0 Å². The molecule has 1 aromatic carbocycles. The fourth-order valence-corrected chi connectivity index (χ4v) is 7.48. The topological polar surface area (TPSA) is 66.3 Å². The Labute approximate surface area is 290 Å². The number of likely N-dealkylation sites (tertiary alicyclic amines) is 1. The quantitative estimate of drug-likeness (QED) is 0.228. The maximum atomic E-state index is 15.8. The Kier molecular flexibility index (Phi) is 11.7. The van der Waals surface area contributed by atoms with Crippen LogP contribution >= 0.6 is 0 Å². The van der Waals surface area contributed by atoms with Crippen LogP contribution in [0.5, 0.6) is 0 Å². The fraction of sp³-hybridized carbons (Fsp3) is 0.600. The molecule has 0 saturated carbocycles. The number of alkyl halides is 2. The van der Waals surface area contributed by atoms with E-state index in [1.165, 1.54) is 31.1 Å². The summed E-state index contributed by atoms with van der Waals surface area (Å²) in [5.41, 5.74) is 0.780. The molecule has 0 aliphatic carbocycles. The van der Waals surface area contributed by atoms with Crippen LogP contribution in [0.1, 0.15) is 94.2 Å². The Morgan fingerprint density at radius 1 is 0.935 bits per heavy atom. The number of halogens is 3. The number of pyridine rings is 1. The Morgan fingerprint density at radius 2 is 1.63 bits per heavy atom. The van der Waals surface area contributed by atoms with Crippen LogP contribution in [0, 0.1) is 18.3 Å². The van der Waals surface area contributed by atoms with Gasteiger partial charge < -0.3 is 15.1 Å². The van der Waals surface area contributed by atoms with E-state index < -0.39 is 23.2 Å². The van der Waals surface area contributed by atoms with Crippen LogP contribution in [0.2, 0.25) is 0 Å². The Morgan fingerprint density at radius 3 is 2.35 bits per heavy atom. The first kappa shape index (κ1) is 35.1. The van der Waals surface area contributed by atoms with Gasteiger partial charge in [0.15, 0.2) is 0 Å². The molecule has 4 aliphatic rings. The van der Waals surface area contributed by atoms with Crippen molar-refractivity contribution >= 4 is 16.9 Å². The van der Waals surface area contributed by atoms with E-state index >= 15 is 13.2 Å². The van der Waals surface area contributed by atoms with Gasteiger partial charge >= 0.3 is 0 Å². The van der Waals surface area contributed by atoms with Gasteiger partial charge in [0.1, 0.15) is 17.8 Å². The van der Waals surface area contributed by atoms with Crippen LogP contribution in [0.15, 0.2) is 35.4 Å². The SMILES string of the molecule is CC(C)N1CCC(c2cc3c4ncnc3n(c2=O)CCCCCCCN2CCC(CC2)C(F)(F)c2cccc(c2F)[CH-]N4)CC1.[Cd]. The van der Waals surface area contributed by atoms with Crippen molar-refractivity contribution in [3.63, 3.8) is 0 Å². The monoisotopic (exact) mass is 737 g/mol. The van der Waals surface area contributed by atoms with Crippen LogP contribution < -0.4 is 10.9 Å². The third kappa shape index (κ3) is 7.43. The first-order chi connectivity index (χ1) is 21.7. The molecule has 2 saturated heterocycles. The van der Waals surface area contributed by atoms with Gasteiger partial charge in [-0.05, 0) is 103 Å². The summed E-state index contributed by atoms with van der Waals surface area (Å²) in [5, 5.41) is 3.78. The second kappa shape index (κ2) is 15.4. The molecule has 0 radical (unpaired) electrons. The Balaban J connectivity index is 0.00000417. The molecule has 46 heavy (non-hydrogen) atoms. The molecule has 2 aromatic heterocycles. The minimum absolute atomic E-state index is 0. The summed E-state index contributed by atoms with van der Waals surface area (Å²) in [7, 11) is 0. The molecule has 8 bridgehead atoms. The maximum absolute atomic E-state index is 15.8. The van der Waals surface area contributed by atoms with Crippen molar-refractivity contribution in [2.45, 2.75) is 96.1 Å². The van der Waals surface area contributed by atoms with Gasteiger partial charge in [-0.15, -0.1) is 11.6 Å². The molecule has 7 nitrogen and oxygen atoms in total. The molecule has 0 amide bonds. The van der Waals surface area contributed by atoms with Crippen molar-refractivity contribution in [3.8, 4) is 0 Å². The van der Waals surface area contributed by atoms with E-state index in [-0.39, 0.29) is 44.3 Å². The first-order valence-corrected chi connectivity index (χ1v) is 16.9. The van der Waals surface area contributed by atoms with Crippen molar-refractivity contribution in [1.29, 1.82) is 0 Å². The van der Waals surface area contributed by atoms with Crippen molar-refractivity contribution in [2.75, 3.05) is 38.0 Å². The van der Waals surface area contributed by atoms with E-state index in [0.717, 1.165) is 70.1 Å². The van der Waals surface area contributed by atoms with Crippen LogP contribution in [-0.4, -0.2) is 63.1 Å². The zero-order valence-electron chi connectivity index (χ0n) is 27.3. The number of piperidine rings is 2. The number of anilines is 1. The van der Waals surface area contributed by atoms with E-state index in [1.807, 2.05) is 6.07 Å². The third-order valence-electron chi connectivity index (χ3n) is 10.3. The zero-order valence-corrected chi connectivity index (χ0v) is 31.3. The van der Waals surface area contributed by atoms with Crippen LogP contribution in [0.4, 0.5) is 19.0 Å². The van der Waals surface area contributed by atoms with E-state index in [9.17, 15) is 4.79 Å². The molecule has 0 unspecified atom stereocenters. The van der Waals surface area contributed by atoms with Gasteiger partial charge in [0.2, 0.25) is 0 Å². The molecule has 11 heteroatoms. The summed E-state index contributed by atoms with van der Waals surface area (Å²) >= 11 is 0. The van der Waals surface area contributed by atoms with Gasteiger partial charge in [-0.1, -0.05) is 31.9 Å². The molecule has 1 N–H and O–H groups in total. The van der Waals surface area contributed by atoms with Crippen molar-refractivity contribution in [2.24, 2.45) is 5.92 Å². The summed E-state index contributed by atoms with van der Waals surface area (Å²) in [4.78, 5) is 27.7. The number of aromatic nitrogens is 3. The van der Waals surface area contributed by atoms with Gasteiger partial charge in [0.05, 0.1) is 5.39 Å². The number of aryl methyl sites for hydroxylation is 1. The Bertz CT molecular complexity index is 1530. The van der Waals surface area contributed by atoms with Gasteiger partial charge in [-0.25, -0.2) is 18.7 Å². The smallest absolute Gasteiger partial charge is 0.267 e. The van der Waals surface area contributed by atoms with E-state index in [1.54, 1.807) is 4.57 Å². The van der Waals surface area contributed by atoms with Crippen LogP contribution in [-0.2, 0) is 39.8 Å². The average Bonchev–Trinajstić information content (AvgIpc) is 3.04. The Hall–Kier alpha value is -2.19. The van der Waals surface area contributed by atoms with Gasteiger partial charge in [0.25, 0.3) is 11.5 Å². The minimum Gasteiger partial charge on any atom is -0.399 e. The van der Waals surface area contributed by atoms with Crippen LogP contribution in [0.25, 0.3) is 11.0 Å². The first-order valence-electron chi connectivity index (χ1n) is 16.9. The fourth-order valence-electron chi connectivity index (χ4n) is 7.48. The molecule has 0 spiro atoms. The molecular weight excluding hydrogens is 690 g/mol. The van der Waals surface area contributed by atoms with Crippen molar-refractivity contribution in [1.82, 2.24) is 24.3 Å². The number of benzene rings is 1. The van der Waals surface area contributed by atoms with E-state index in [4.69, 9.17) is 0 Å². The number of fused-ring (bicyclic) bond motifs is 9. The maximum Gasteiger partial charge on any atom is 0.267 e. The molecule has 4 aliphatic heterocycles. The third-order valence-corrected chi connectivity index (χ3v) is 10.3. The van der Waals surface area contributed by atoms with Crippen molar-refractivity contribution < 1.29 is 40.5 Å². The predicted molar refractivity (Wildman–Crippen MR) is 172 cm³/mol. The van der Waals surface area contributed by atoms with E-state index in [0.29, 0.717) is 55.4 Å². The molecule has 2 fully saturated rings. The summed E-state index contributed by atoms with van der Waals surface area (Å²) in [6.45, 7) is 10.3. The normalized spacial score (nSPS) is 23.3. The van der Waals surface area contributed by atoms with Crippen LogP contribution in [0.3, 0.4) is 0 Å². The van der Waals surface area contributed by atoms with Gasteiger partial charge in [0, 0.05) is 57.2 Å². The predicted octanol–water partition coefficient (Wildman–Crippen LogP) is 6.91. The summed E-state index contributed by atoms with van der Waals surface area (Å²) in [6.07, 6.45) is 8.88. The molecule has 246 valence electrons. The number of hydrogen-bond donors (Lipinski definition) is 1. The molecule has 0 atom stereocenters. The molecule has 6 heterocycles. The zero-order chi connectivity index (χ0) is 31.6. The number of nitrogens with one attached hydrogen (secondary N) is 1. The van der Waals surface area contributed by atoms with Gasteiger partial charge in [-0.2, -0.15) is 6.07 Å². The minimum atomic E-state index is -3.27. The number of rotatable bonds is 2. The average molecular weight is 736 g/mol. The largest absolute Gasteiger partial charge is 0.399 e. The number of nitrogens with zero attached hydrogens (tertiary/aromatic N) is 5. The molecular formula is C35H46CdF3N6O-. The summed E-state index contributed by atoms with van der Waals surface area (Å²) in [5.74, 6) is -4.54. The van der Waals surface area contributed by atoms with E-state index in [2.05, 4.69) is 38.9 Å². The summed E-state index contributed by atoms with van der Waals surface area (Å²) < 4.78 is 49.1. The molecule has 7 rings (SSSR count).